The smallest absolute Gasteiger partial charge is 0.0408 e. The van der Waals surface area contributed by atoms with Gasteiger partial charge >= 0.3 is 0 Å². The first kappa shape index (κ1) is 18.5. The minimum absolute atomic E-state index is 0.599. The van der Waals surface area contributed by atoms with Gasteiger partial charge < -0.3 is 5.32 Å². The molecule has 0 fully saturated rings. The van der Waals surface area contributed by atoms with Gasteiger partial charge in [0.1, 0.15) is 0 Å². The average molecular weight is 310 g/mol. The Kier molecular flexibility index (Phi) is 10.6. The molecule has 21 heavy (non-hydrogen) atoms. The SMILES string of the molecule is CCCCCCCCC(CNCCC)c1cccc(Cl)c1. The maximum absolute atomic E-state index is 6.15. The fraction of sp³-hybridized carbons (Fsp3) is 0.684. The first-order valence-electron chi connectivity index (χ1n) is 8.74. The predicted molar refractivity (Wildman–Crippen MR) is 95.3 cm³/mol. The summed E-state index contributed by atoms with van der Waals surface area (Å²) in [5.74, 6) is 0.599. The molecule has 0 aromatic heterocycles. The van der Waals surface area contributed by atoms with Crippen molar-refractivity contribution in [2.45, 2.75) is 71.1 Å². The molecule has 0 saturated carbocycles. The van der Waals surface area contributed by atoms with Gasteiger partial charge in [0, 0.05) is 11.6 Å². The minimum atomic E-state index is 0.599. The van der Waals surface area contributed by atoms with Crippen LogP contribution in [0.15, 0.2) is 24.3 Å². The molecule has 0 saturated heterocycles. The first-order chi connectivity index (χ1) is 10.3. The van der Waals surface area contributed by atoms with E-state index in [1.165, 1.54) is 56.9 Å². The van der Waals surface area contributed by atoms with E-state index in [0.717, 1.165) is 18.1 Å². The molecular weight excluding hydrogens is 278 g/mol. The largest absolute Gasteiger partial charge is 0.316 e. The van der Waals surface area contributed by atoms with Gasteiger partial charge in [-0.1, -0.05) is 76.1 Å². The number of unbranched alkanes of at least 4 members (excludes halogenated alkanes) is 5. The molecule has 1 aromatic rings. The predicted octanol–water partition coefficient (Wildman–Crippen LogP) is 6.17. The lowest BCUT2D eigenvalue weighted by Gasteiger charge is -2.18. The van der Waals surface area contributed by atoms with Crippen LogP contribution in [0, 0.1) is 0 Å². The van der Waals surface area contributed by atoms with Crippen LogP contribution in [0.2, 0.25) is 5.02 Å². The second-order valence-electron chi connectivity index (χ2n) is 6.01. The van der Waals surface area contributed by atoms with Gasteiger partial charge in [-0.05, 0) is 43.0 Å². The van der Waals surface area contributed by atoms with Gasteiger partial charge in [0.05, 0.1) is 0 Å². The fourth-order valence-corrected chi connectivity index (χ4v) is 2.97. The van der Waals surface area contributed by atoms with Crippen LogP contribution in [-0.2, 0) is 0 Å². The summed E-state index contributed by atoms with van der Waals surface area (Å²) in [6, 6.07) is 8.40. The second kappa shape index (κ2) is 12.1. The Hall–Kier alpha value is -0.530. The molecule has 120 valence electrons. The van der Waals surface area contributed by atoms with Crippen LogP contribution in [0.3, 0.4) is 0 Å². The Balaban J connectivity index is 2.41. The summed E-state index contributed by atoms with van der Waals surface area (Å²) in [5.41, 5.74) is 1.39. The molecule has 1 atom stereocenters. The Morgan fingerprint density at radius 2 is 1.76 bits per heavy atom. The monoisotopic (exact) mass is 309 g/mol. The van der Waals surface area contributed by atoms with Gasteiger partial charge in [-0.3, -0.25) is 0 Å². The summed E-state index contributed by atoms with van der Waals surface area (Å²) in [4.78, 5) is 0. The van der Waals surface area contributed by atoms with Crippen molar-refractivity contribution < 1.29 is 0 Å². The molecule has 0 radical (unpaired) electrons. The van der Waals surface area contributed by atoms with E-state index in [9.17, 15) is 0 Å². The van der Waals surface area contributed by atoms with Crippen molar-refractivity contribution in [1.82, 2.24) is 5.32 Å². The first-order valence-corrected chi connectivity index (χ1v) is 9.11. The quantitative estimate of drug-likeness (QED) is 0.455. The number of halogens is 1. The van der Waals surface area contributed by atoms with Crippen molar-refractivity contribution >= 4 is 11.6 Å². The Labute approximate surface area is 136 Å². The van der Waals surface area contributed by atoms with Crippen molar-refractivity contribution in [1.29, 1.82) is 0 Å². The molecule has 1 nitrogen and oxygen atoms in total. The van der Waals surface area contributed by atoms with Gasteiger partial charge in [0.15, 0.2) is 0 Å². The molecule has 2 heteroatoms. The third-order valence-corrected chi connectivity index (χ3v) is 4.28. The topological polar surface area (TPSA) is 12.0 Å². The summed E-state index contributed by atoms with van der Waals surface area (Å²) in [6.07, 6.45) is 10.6. The van der Waals surface area contributed by atoms with Crippen LogP contribution < -0.4 is 5.32 Å². The molecule has 1 unspecified atom stereocenters. The van der Waals surface area contributed by atoms with Gasteiger partial charge in [-0.25, -0.2) is 0 Å². The molecule has 0 aliphatic heterocycles. The zero-order valence-electron chi connectivity index (χ0n) is 13.8. The average Bonchev–Trinajstić information content (AvgIpc) is 2.49. The van der Waals surface area contributed by atoms with Crippen molar-refractivity contribution in [3.8, 4) is 0 Å². The number of rotatable bonds is 12. The van der Waals surface area contributed by atoms with Gasteiger partial charge in [0.2, 0.25) is 0 Å². The summed E-state index contributed by atoms with van der Waals surface area (Å²) in [7, 11) is 0. The molecular formula is C19H32ClN. The Morgan fingerprint density at radius 3 is 2.48 bits per heavy atom. The van der Waals surface area contributed by atoms with Crippen LogP contribution >= 0.6 is 11.6 Å². The van der Waals surface area contributed by atoms with Crippen molar-refractivity contribution in [3.05, 3.63) is 34.9 Å². The normalized spacial score (nSPS) is 12.5. The highest BCUT2D eigenvalue weighted by Crippen LogP contribution is 2.24. The lowest BCUT2D eigenvalue weighted by molar-refractivity contribution is 0.506. The molecule has 0 spiro atoms. The van der Waals surface area contributed by atoms with E-state index < -0.39 is 0 Å². The van der Waals surface area contributed by atoms with Crippen LogP contribution in [0.1, 0.15) is 76.7 Å². The van der Waals surface area contributed by atoms with Gasteiger partial charge in [0.25, 0.3) is 0 Å². The second-order valence-corrected chi connectivity index (χ2v) is 6.45. The van der Waals surface area contributed by atoms with Crippen LogP contribution in [0.5, 0.6) is 0 Å². The van der Waals surface area contributed by atoms with E-state index in [4.69, 9.17) is 11.6 Å². The lowest BCUT2D eigenvalue weighted by Crippen LogP contribution is -2.22. The Morgan fingerprint density at radius 1 is 1.00 bits per heavy atom. The third-order valence-electron chi connectivity index (χ3n) is 4.04. The molecule has 1 N–H and O–H groups in total. The van der Waals surface area contributed by atoms with Gasteiger partial charge in [-0.15, -0.1) is 0 Å². The van der Waals surface area contributed by atoms with E-state index in [1.54, 1.807) is 0 Å². The van der Waals surface area contributed by atoms with E-state index in [1.807, 2.05) is 6.07 Å². The molecule has 1 rings (SSSR count). The van der Waals surface area contributed by atoms with Gasteiger partial charge in [-0.2, -0.15) is 0 Å². The highest BCUT2D eigenvalue weighted by Gasteiger charge is 2.11. The number of nitrogens with one attached hydrogen (secondary N) is 1. The third kappa shape index (κ3) is 8.48. The van der Waals surface area contributed by atoms with E-state index in [2.05, 4.69) is 37.4 Å². The maximum Gasteiger partial charge on any atom is 0.0408 e. The van der Waals surface area contributed by atoms with Crippen molar-refractivity contribution in [2.24, 2.45) is 0 Å². The molecule has 1 aromatic carbocycles. The standard InChI is InChI=1S/C19H32ClN/c1-3-5-6-7-8-9-11-18(16-21-14-4-2)17-12-10-13-19(20)15-17/h10,12-13,15,18,21H,3-9,11,14,16H2,1-2H3. The summed E-state index contributed by atoms with van der Waals surface area (Å²) in [5, 5.41) is 4.43. The maximum atomic E-state index is 6.15. The van der Waals surface area contributed by atoms with Crippen LogP contribution in [0.4, 0.5) is 0 Å². The fourth-order valence-electron chi connectivity index (χ4n) is 2.77. The zero-order valence-corrected chi connectivity index (χ0v) is 14.6. The molecule has 0 bridgehead atoms. The zero-order chi connectivity index (χ0) is 15.3. The molecule has 0 amide bonds. The molecule has 0 heterocycles. The summed E-state index contributed by atoms with van der Waals surface area (Å²) in [6.45, 7) is 6.67. The molecule has 0 aliphatic rings. The minimum Gasteiger partial charge on any atom is -0.316 e. The number of hydrogen-bond acceptors (Lipinski definition) is 1. The summed E-state index contributed by atoms with van der Waals surface area (Å²) >= 11 is 6.15. The van der Waals surface area contributed by atoms with E-state index >= 15 is 0 Å². The lowest BCUT2D eigenvalue weighted by atomic mass is 9.92. The van der Waals surface area contributed by atoms with E-state index in [0.29, 0.717) is 5.92 Å². The number of hydrogen-bond donors (Lipinski definition) is 1. The van der Waals surface area contributed by atoms with Crippen LogP contribution in [0.25, 0.3) is 0 Å². The number of benzene rings is 1. The van der Waals surface area contributed by atoms with E-state index in [-0.39, 0.29) is 0 Å². The summed E-state index contributed by atoms with van der Waals surface area (Å²) < 4.78 is 0. The highest BCUT2D eigenvalue weighted by molar-refractivity contribution is 6.30. The van der Waals surface area contributed by atoms with Crippen LogP contribution in [-0.4, -0.2) is 13.1 Å². The van der Waals surface area contributed by atoms with Crippen molar-refractivity contribution in [3.63, 3.8) is 0 Å². The molecule has 0 aliphatic carbocycles. The van der Waals surface area contributed by atoms with Crippen molar-refractivity contribution in [2.75, 3.05) is 13.1 Å². The highest BCUT2D eigenvalue weighted by atomic mass is 35.5. The Bertz CT molecular complexity index is 364.